The van der Waals surface area contributed by atoms with Gasteiger partial charge in [-0.15, -0.1) is 0 Å². The van der Waals surface area contributed by atoms with Crippen LogP contribution in [0.1, 0.15) is 19.4 Å². The molecule has 4 heteroatoms. The number of benzene rings is 1. The minimum atomic E-state index is -0.307. The van der Waals surface area contributed by atoms with Gasteiger partial charge < -0.3 is 15.2 Å². The van der Waals surface area contributed by atoms with Crippen molar-refractivity contribution in [1.82, 2.24) is 0 Å². The average Bonchev–Trinajstić information content (AvgIpc) is 2.22. The molecule has 3 nitrogen and oxygen atoms in total. The second-order valence-electron chi connectivity index (χ2n) is 3.80. The first-order valence-corrected chi connectivity index (χ1v) is 5.31. The molecule has 0 saturated carbocycles. The molecule has 0 aliphatic carbocycles. The van der Waals surface area contributed by atoms with Crippen LogP contribution in [0.3, 0.4) is 0 Å². The number of nitrogens with two attached hydrogens (primary N) is 1. The molecular formula is C12H18FNO2. The van der Waals surface area contributed by atoms with E-state index in [-0.39, 0.29) is 11.9 Å². The second kappa shape index (κ2) is 5.70. The van der Waals surface area contributed by atoms with Crippen LogP contribution in [-0.2, 0) is 6.42 Å². The summed E-state index contributed by atoms with van der Waals surface area (Å²) in [5.74, 6) is 0.660. The number of ether oxygens (including phenoxy) is 2. The van der Waals surface area contributed by atoms with E-state index in [1.54, 1.807) is 6.07 Å². The zero-order chi connectivity index (χ0) is 12.1. The summed E-state index contributed by atoms with van der Waals surface area (Å²) in [4.78, 5) is 0. The molecule has 0 saturated heterocycles. The van der Waals surface area contributed by atoms with Crippen molar-refractivity contribution in [2.24, 2.45) is 5.73 Å². The number of rotatable bonds is 5. The number of halogens is 1. The lowest BCUT2D eigenvalue weighted by Gasteiger charge is -2.15. The largest absolute Gasteiger partial charge is 0.493 e. The average molecular weight is 227 g/mol. The smallest absolute Gasteiger partial charge is 0.163 e. The van der Waals surface area contributed by atoms with Gasteiger partial charge in [-0.05, 0) is 38.4 Å². The van der Waals surface area contributed by atoms with Crippen LogP contribution in [0.25, 0.3) is 0 Å². The number of hydrogen-bond donors (Lipinski definition) is 1. The lowest BCUT2D eigenvalue weighted by Crippen LogP contribution is -2.09. The molecule has 1 aromatic rings. The summed E-state index contributed by atoms with van der Waals surface area (Å²) < 4.78 is 24.2. The Morgan fingerprint density at radius 1 is 1.31 bits per heavy atom. The van der Waals surface area contributed by atoms with E-state index in [1.165, 1.54) is 13.2 Å². The van der Waals surface area contributed by atoms with Gasteiger partial charge in [0.05, 0.1) is 13.2 Å². The molecule has 90 valence electrons. The minimum absolute atomic E-state index is 0.0186. The van der Waals surface area contributed by atoms with Crippen molar-refractivity contribution in [3.8, 4) is 11.5 Å². The highest BCUT2D eigenvalue weighted by atomic mass is 19.1. The predicted octanol–water partition coefficient (Wildman–Crippen LogP) is 2.12. The van der Waals surface area contributed by atoms with E-state index in [4.69, 9.17) is 15.2 Å². The van der Waals surface area contributed by atoms with E-state index in [9.17, 15) is 4.39 Å². The molecule has 0 heterocycles. The van der Waals surface area contributed by atoms with E-state index in [0.29, 0.717) is 30.0 Å². The lowest BCUT2D eigenvalue weighted by molar-refractivity contribution is 0.229. The molecular weight excluding hydrogens is 209 g/mol. The van der Waals surface area contributed by atoms with Gasteiger partial charge >= 0.3 is 0 Å². The van der Waals surface area contributed by atoms with E-state index in [2.05, 4.69) is 0 Å². The van der Waals surface area contributed by atoms with E-state index in [0.717, 1.165) is 0 Å². The van der Waals surface area contributed by atoms with Crippen LogP contribution < -0.4 is 15.2 Å². The molecule has 0 bridgehead atoms. The zero-order valence-corrected chi connectivity index (χ0v) is 9.92. The van der Waals surface area contributed by atoms with Crippen LogP contribution in [0, 0.1) is 5.82 Å². The normalized spacial score (nSPS) is 10.6. The molecule has 2 N–H and O–H groups in total. The molecule has 0 aliphatic rings. The summed E-state index contributed by atoms with van der Waals surface area (Å²) in [7, 11) is 1.49. The first kappa shape index (κ1) is 12.8. The Morgan fingerprint density at radius 3 is 2.50 bits per heavy atom. The monoisotopic (exact) mass is 227 g/mol. The maximum atomic E-state index is 13.6. The second-order valence-corrected chi connectivity index (χ2v) is 3.80. The van der Waals surface area contributed by atoms with Gasteiger partial charge in [-0.3, -0.25) is 0 Å². The summed E-state index contributed by atoms with van der Waals surface area (Å²) in [5, 5.41) is 0. The predicted molar refractivity (Wildman–Crippen MR) is 61.5 cm³/mol. The first-order chi connectivity index (χ1) is 7.58. The maximum absolute atomic E-state index is 13.6. The number of hydrogen-bond acceptors (Lipinski definition) is 3. The SMILES string of the molecule is COc1cc(F)c(CCN)cc1OC(C)C. The van der Waals surface area contributed by atoms with Crippen molar-refractivity contribution in [2.45, 2.75) is 26.4 Å². The van der Waals surface area contributed by atoms with Crippen molar-refractivity contribution in [1.29, 1.82) is 0 Å². The molecule has 0 aliphatic heterocycles. The molecule has 1 aromatic carbocycles. The van der Waals surface area contributed by atoms with Crippen molar-refractivity contribution in [3.63, 3.8) is 0 Å². The standard InChI is InChI=1S/C12H18FNO2/c1-8(2)16-12-6-9(4-5-14)10(13)7-11(12)15-3/h6-8H,4-5,14H2,1-3H3. The summed E-state index contributed by atoms with van der Waals surface area (Å²) >= 11 is 0. The fraction of sp³-hybridized carbons (Fsp3) is 0.500. The van der Waals surface area contributed by atoms with Crippen LogP contribution in [0.2, 0.25) is 0 Å². The van der Waals surface area contributed by atoms with E-state index in [1.807, 2.05) is 13.8 Å². The van der Waals surface area contributed by atoms with Crippen LogP contribution in [0.5, 0.6) is 11.5 Å². The van der Waals surface area contributed by atoms with Gasteiger partial charge in [0.15, 0.2) is 11.5 Å². The van der Waals surface area contributed by atoms with Crippen LogP contribution >= 0.6 is 0 Å². The van der Waals surface area contributed by atoms with Crippen LogP contribution in [0.15, 0.2) is 12.1 Å². The third kappa shape index (κ3) is 3.10. The van der Waals surface area contributed by atoms with Crippen LogP contribution in [0.4, 0.5) is 4.39 Å². The maximum Gasteiger partial charge on any atom is 0.163 e. The molecule has 0 aromatic heterocycles. The number of methoxy groups -OCH3 is 1. The topological polar surface area (TPSA) is 44.5 Å². The Hall–Kier alpha value is -1.29. The molecule has 0 atom stereocenters. The van der Waals surface area contributed by atoms with Gasteiger partial charge in [-0.2, -0.15) is 0 Å². The Balaban J connectivity index is 3.07. The van der Waals surface area contributed by atoms with E-state index < -0.39 is 0 Å². The quantitative estimate of drug-likeness (QED) is 0.838. The Bertz CT molecular complexity index is 353. The van der Waals surface area contributed by atoms with Gasteiger partial charge in [0.2, 0.25) is 0 Å². The minimum Gasteiger partial charge on any atom is -0.493 e. The summed E-state index contributed by atoms with van der Waals surface area (Å²) in [6.07, 6.45) is 0.509. The summed E-state index contributed by atoms with van der Waals surface area (Å²) in [5.41, 5.74) is 5.97. The molecule has 16 heavy (non-hydrogen) atoms. The highest BCUT2D eigenvalue weighted by molar-refractivity contribution is 5.44. The highest BCUT2D eigenvalue weighted by Gasteiger charge is 2.12. The third-order valence-electron chi connectivity index (χ3n) is 2.11. The Kier molecular flexibility index (Phi) is 4.55. The Labute approximate surface area is 95.4 Å². The highest BCUT2D eigenvalue weighted by Crippen LogP contribution is 2.31. The van der Waals surface area contributed by atoms with Crippen molar-refractivity contribution >= 4 is 0 Å². The Morgan fingerprint density at radius 2 is 2.00 bits per heavy atom. The fourth-order valence-electron chi connectivity index (χ4n) is 1.43. The summed E-state index contributed by atoms with van der Waals surface area (Å²) in [6, 6.07) is 2.99. The molecule has 0 amide bonds. The van der Waals surface area contributed by atoms with Crippen molar-refractivity contribution in [2.75, 3.05) is 13.7 Å². The summed E-state index contributed by atoms with van der Waals surface area (Å²) in [6.45, 7) is 4.22. The molecule has 0 fully saturated rings. The lowest BCUT2D eigenvalue weighted by atomic mass is 10.1. The van der Waals surface area contributed by atoms with Gasteiger partial charge in [0.1, 0.15) is 5.82 Å². The molecule has 0 unspecified atom stereocenters. The van der Waals surface area contributed by atoms with Crippen LogP contribution in [-0.4, -0.2) is 19.8 Å². The molecule has 1 rings (SSSR count). The van der Waals surface area contributed by atoms with Gasteiger partial charge in [0.25, 0.3) is 0 Å². The van der Waals surface area contributed by atoms with Gasteiger partial charge in [-0.25, -0.2) is 4.39 Å². The fourth-order valence-corrected chi connectivity index (χ4v) is 1.43. The van der Waals surface area contributed by atoms with Crippen molar-refractivity contribution in [3.05, 3.63) is 23.5 Å². The zero-order valence-electron chi connectivity index (χ0n) is 9.92. The van der Waals surface area contributed by atoms with Gasteiger partial charge in [-0.1, -0.05) is 0 Å². The third-order valence-corrected chi connectivity index (χ3v) is 2.11. The van der Waals surface area contributed by atoms with E-state index >= 15 is 0 Å². The molecule has 0 spiro atoms. The first-order valence-electron chi connectivity index (χ1n) is 5.31. The molecule has 0 radical (unpaired) electrons. The van der Waals surface area contributed by atoms with Gasteiger partial charge in [0, 0.05) is 6.07 Å². The van der Waals surface area contributed by atoms with Crippen molar-refractivity contribution < 1.29 is 13.9 Å².